The number of methoxy groups -OCH3 is 1. The molecule has 0 radical (unpaired) electrons. The van der Waals surface area contributed by atoms with Crippen molar-refractivity contribution < 1.29 is 14.6 Å². The van der Waals surface area contributed by atoms with Crippen LogP contribution in [0.2, 0.25) is 0 Å². The van der Waals surface area contributed by atoms with Gasteiger partial charge in [0.15, 0.2) is 0 Å². The summed E-state index contributed by atoms with van der Waals surface area (Å²) in [5, 5.41) is 15.5. The monoisotopic (exact) mass is 368 g/mol. The van der Waals surface area contributed by atoms with Crippen molar-refractivity contribution in [2.24, 2.45) is 0 Å². The zero-order valence-corrected chi connectivity index (χ0v) is 15.4. The van der Waals surface area contributed by atoms with Gasteiger partial charge in [-0.1, -0.05) is 42.0 Å². The molecule has 0 bridgehead atoms. The lowest BCUT2D eigenvalue weighted by molar-refractivity contribution is 0.0912. The molecule has 3 aromatic rings. The molecule has 2 N–H and O–H groups in total. The summed E-state index contributed by atoms with van der Waals surface area (Å²) in [4.78, 5) is 16.7. The first-order chi connectivity index (χ1) is 12.6. The highest BCUT2D eigenvalue weighted by Crippen LogP contribution is 2.24. The number of thiazole rings is 1. The standard InChI is InChI=1S/C20H20N2O3S/c1-13-3-5-15(6-4-13)20-22-17(12-26-20)19(24)21-11-18(23)14-7-9-16(25-2)10-8-14/h3-10,12,18,23H,11H2,1-2H3,(H,21,24). The topological polar surface area (TPSA) is 71.5 Å². The Labute approximate surface area is 156 Å². The predicted molar refractivity (Wildman–Crippen MR) is 103 cm³/mol. The molecule has 0 saturated heterocycles. The van der Waals surface area contributed by atoms with Crippen molar-refractivity contribution in [3.8, 4) is 16.3 Å². The largest absolute Gasteiger partial charge is 0.497 e. The van der Waals surface area contributed by atoms with Crippen LogP contribution in [0.1, 0.15) is 27.7 Å². The molecule has 5 nitrogen and oxygen atoms in total. The fourth-order valence-electron chi connectivity index (χ4n) is 2.43. The maximum absolute atomic E-state index is 12.3. The number of benzene rings is 2. The molecule has 0 aliphatic carbocycles. The van der Waals surface area contributed by atoms with Crippen LogP contribution >= 0.6 is 11.3 Å². The van der Waals surface area contributed by atoms with E-state index in [2.05, 4.69) is 10.3 Å². The molecule has 1 atom stereocenters. The maximum Gasteiger partial charge on any atom is 0.270 e. The Balaban J connectivity index is 1.60. The number of nitrogens with zero attached hydrogens (tertiary/aromatic N) is 1. The van der Waals surface area contributed by atoms with Gasteiger partial charge in [0.2, 0.25) is 0 Å². The van der Waals surface area contributed by atoms with Crippen LogP contribution in [0.3, 0.4) is 0 Å². The Morgan fingerprint density at radius 1 is 1.19 bits per heavy atom. The zero-order valence-electron chi connectivity index (χ0n) is 14.6. The molecule has 0 spiro atoms. The van der Waals surface area contributed by atoms with Crippen molar-refractivity contribution in [3.63, 3.8) is 0 Å². The van der Waals surface area contributed by atoms with E-state index in [4.69, 9.17) is 4.74 Å². The number of amides is 1. The van der Waals surface area contributed by atoms with E-state index in [1.165, 1.54) is 16.9 Å². The van der Waals surface area contributed by atoms with Crippen molar-refractivity contribution in [2.75, 3.05) is 13.7 Å². The second-order valence-electron chi connectivity index (χ2n) is 5.90. The number of nitrogens with one attached hydrogen (secondary N) is 1. The van der Waals surface area contributed by atoms with E-state index in [1.54, 1.807) is 36.8 Å². The molecule has 0 aliphatic rings. The normalized spacial score (nSPS) is 11.8. The number of aliphatic hydroxyl groups is 1. The predicted octanol–water partition coefficient (Wildman–Crippen LogP) is 3.59. The summed E-state index contributed by atoms with van der Waals surface area (Å²) >= 11 is 1.42. The van der Waals surface area contributed by atoms with Crippen LogP contribution in [0.25, 0.3) is 10.6 Å². The van der Waals surface area contributed by atoms with E-state index in [-0.39, 0.29) is 12.5 Å². The molecule has 6 heteroatoms. The highest BCUT2D eigenvalue weighted by atomic mass is 32.1. The molecule has 0 aliphatic heterocycles. The number of ether oxygens (including phenoxy) is 1. The SMILES string of the molecule is COc1ccc(C(O)CNC(=O)c2csc(-c3ccc(C)cc3)n2)cc1. The number of aromatic nitrogens is 1. The van der Waals surface area contributed by atoms with Gasteiger partial charge in [0.25, 0.3) is 5.91 Å². The molecule has 2 aromatic carbocycles. The number of carbonyl (C=O) groups is 1. The molecule has 1 amide bonds. The number of hydrogen-bond donors (Lipinski definition) is 2. The lowest BCUT2D eigenvalue weighted by Gasteiger charge is -2.12. The third kappa shape index (κ3) is 4.28. The molecule has 0 fully saturated rings. The van der Waals surface area contributed by atoms with E-state index in [1.807, 2.05) is 31.2 Å². The summed E-state index contributed by atoms with van der Waals surface area (Å²) in [5.74, 6) is 0.420. The summed E-state index contributed by atoms with van der Waals surface area (Å²) in [6, 6.07) is 15.1. The minimum absolute atomic E-state index is 0.114. The second kappa shape index (κ2) is 8.12. The molecule has 1 unspecified atom stereocenters. The summed E-state index contributed by atoms with van der Waals surface area (Å²) in [6.07, 6.45) is -0.792. The van der Waals surface area contributed by atoms with Gasteiger partial charge >= 0.3 is 0 Å². The van der Waals surface area contributed by atoms with Crippen LogP contribution in [-0.2, 0) is 0 Å². The summed E-state index contributed by atoms with van der Waals surface area (Å²) in [7, 11) is 1.59. The van der Waals surface area contributed by atoms with Gasteiger partial charge in [0, 0.05) is 17.5 Å². The molecule has 0 saturated carbocycles. The lowest BCUT2D eigenvalue weighted by atomic mass is 10.1. The van der Waals surface area contributed by atoms with Crippen molar-refractivity contribution in [2.45, 2.75) is 13.0 Å². The molecular formula is C20H20N2O3S. The first-order valence-electron chi connectivity index (χ1n) is 8.19. The van der Waals surface area contributed by atoms with Crippen LogP contribution in [-0.4, -0.2) is 29.7 Å². The van der Waals surface area contributed by atoms with E-state index < -0.39 is 6.10 Å². The number of aryl methyl sites for hydroxylation is 1. The van der Waals surface area contributed by atoms with Gasteiger partial charge in [-0.2, -0.15) is 0 Å². The molecular weight excluding hydrogens is 348 g/mol. The number of rotatable bonds is 6. The summed E-state index contributed by atoms with van der Waals surface area (Å²) < 4.78 is 5.09. The van der Waals surface area contributed by atoms with Crippen molar-refractivity contribution >= 4 is 17.2 Å². The van der Waals surface area contributed by atoms with Crippen molar-refractivity contribution in [1.29, 1.82) is 0 Å². The molecule has 1 heterocycles. The molecule has 3 rings (SSSR count). The number of hydrogen-bond acceptors (Lipinski definition) is 5. The van der Waals surface area contributed by atoms with E-state index >= 15 is 0 Å². The maximum atomic E-state index is 12.3. The Hall–Kier alpha value is -2.70. The van der Waals surface area contributed by atoms with Crippen LogP contribution in [0.5, 0.6) is 5.75 Å². The van der Waals surface area contributed by atoms with Crippen molar-refractivity contribution in [3.05, 3.63) is 70.7 Å². The highest BCUT2D eigenvalue weighted by Gasteiger charge is 2.14. The molecule has 134 valence electrons. The van der Waals surface area contributed by atoms with Gasteiger partial charge in [-0.15, -0.1) is 11.3 Å². The Morgan fingerprint density at radius 3 is 2.54 bits per heavy atom. The van der Waals surface area contributed by atoms with Gasteiger partial charge in [0.05, 0.1) is 13.2 Å². The Kier molecular flexibility index (Phi) is 5.65. The number of carbonyl (C=O) groups excluding carboxylic acids is 1. The third-order valence-electron chi connectivity index (χ3n) is 3.99. The van der Waals surface area contributed by atoms with Gasteiger partial charge in [-0.25, -0.2) is 4.98 Å². The summed E-state index contributed by atoms with van der Waals surface area (Å²) in [5.41, 5.74) is 3.23. The van der Waals surface area contributed by atoms with Crippen molar-refractivity contribution in [1.82, 2.24) is 10.3 Å². The molecule has 26 heavy (non-hydrogen) atoms. The zero-order chi connectivity index (χ0) is 18.5. The average Bonchev–Trinajstić information content (AvgIpc) is 3.16. The van der Waals surface area contributed by atoms with Crippen LogP contribution in [0, 0.1) is 6.92 Å². The summed E-state index contributed by atoms with van der Waals surface area (Å²) in [6.45, 7) is 2.14. The van der Waals surface area contributed by atoms with Crippen LogP contribution in [0.15, 0.2) is 53.9 Å². The van der Waals surface area contributed by atoms with Gasteiger partial charge < -0.3 is 15.2 Å². The van der Waals surface area contributed by atoms with E-state index in [0.717, 1.165) is 16.3 Å². The molecule has 1 aromatic heterocycles. The van der Waals surface area contributed by atoms with E-state index in [0.29, 0.717) is 11.3 Å². The highest BCUT2D eigenvalue weighted by molar-refractivity contribution is 7.13. The fourth-order valence-corrected chi connectivity index (χ4v) is 3.24. The number of aliphatic hydroxyl groups excluding tert-OH is 1. The third-order valence-corrected chi connectivity index (χ3v) is 4.88. The fraction of sp³-hybridized carbons (Fsp3) is 0.200. The second-order valence-corrected chi connectivity index (χ2v) is 6.76. The smallest absolute Gasteiger partial charge is 0.270 e. The lowest BCUT2D eigenvalue weighted by Crippen LogP contribution is -2.28. The minimum Gasteiger partial charge on any atom is -0.497 e. The van der Waals surface area contributed by atoms with Gasteiger partial charge in [0.1, 0.15) is 16.5 Å². The Bertz CT molecular complexity index is 873. The Morgan fingerprint density at radius 2 is 1.88 bits per heavy atom. The van der Waals surface area contributed by atoms with Crippen LogP contribution < -0.4 is 10.1 Å². The van der Waals surface area contributed by atoms with Gasteiger partial charge in [-0.05, 0) is 24.6 Å². The quantitative estimate of drug-likeness (QED) is 0.697. The minimum atomic E-state index is -0.792. The van der Waals surface area contributed by atoms with E-state index in [9.17, 15) is 9.90 Å². The average molecular weight is 368 g/mol. The van der Waals surface area contributed by atoms with Gasteiger partial charge in [-0.3, -0.25) is 4.79 Å². The first-order valence-corrected chi connectivity index (χ1v) is 9.07. The van der Waals surface area contributed by atoms with Crippen LogP contribution in [0.4, 0.5) is 0 Å². The first kappa shape index (κ1) is 18.1.